The van der Waals surface area contributed by atoms with Gasteiger partial charge in [0.1, 0.15) is 11.6 Å². The smallest absolute Gasteiger partial charge is 0.243 e. The van der Waals surface area contributed by atoms with E-state index in [9.17, 15) is 22.3 Å². The van der Waals surface area contributed by atoms with E-state index in [1.165, 1.54) is 16.4 Å². The lowest BCUT2D eigenvalue weighted by Crippen LogP contribution is -2.60. The lowest BCUT2D eigenvalue weighted by Gasteiger charge is -2.37. The molecule has 158 valence electrons. The van der Waals surface area contributed by atoms with Crippen LogP contribution in [0.2, 0.25) is 0 Å². The van der Waals surface area contributed by atoms with E-state index in [1.807, 2.05) is 0 Å². The van der Waals surface area contributed by atoms with Gasteiger partial charge in [-0.15, -0.1) is 0 Å². The van der Waals surface area contributed by atoms with E-state index in [0.717, 1.165) is 6.07 Å². The molecule has 1 aliphatic heterocycles. The molecule has 1 fully saturated rings. The molecule has 0 aliphatic carbocycles. The zero-order valence-corrected chi connectivity index (χ0v) is 16.9. The van der Waals surface area contributed by atoms with Crippen LogP contribution in [0.1, 0.15) is 11.1 Å². The quantitative estimate of drug-likeness (QED) is 0.646. The lowest BCUT2D eigenvalue weighted by atomic mass is 9.96. The van der Waals surface area contributed by atoms with Gasteiger partial charge in [-0.2, -0.15) is 4.31 Å². The molecule has 3 rings (SSSR count). The van der Waals surface area contributed by atoms with Crippen molar-refractivity contribution in [2.75, 3.05) is 19.6 Å². The number of benzene rings is 2. The number of aryl methyl sites for hydroxylation is 1. The van der Waals surface area contributed by atoms with Crippen molar-refractivity contribution in [3.8, 4) is 0 Å². The second kappa shape index (κ2) is 8.85. The Balaban J connectivity index is 1.72. The average Bonchev–Trinajstić information content (AvgIpc) is 2.67. The minimum Gasteiger partial charge on any atom is -0.390 e. The first-order valence-electron chi connectivity index (χ1n) is 9.36. The first-order valence-corrected chi connectivity index (χ1v) is 10.8. The molecule has 4 N–H and O–H groups in total. The number of aliphatic hydroxyl groups excluding tert-OH is 1. The van der Waals surface area contributed by atoms with E-state index in [2.05, 4.69) is 5.32 Å². The van der Waals surface area contributed by atoms with E-state index in [1.54, 1.807) is 31.2 Å². The van der Waals surface area contributed by atoms with Gasteiger partial charge in [0.2, 0.25) is 10.0 Å². The van der Waals surface area contributed by atoms with E-state index in [0.29, 0.717) is 17.7 Å². The molecule has 2 aromatic carbocycles. The van der Waals surface area contributed by atoms with Crippen LogP contribution >= 0.6 is 0 Å². The Morgan fingerprint density at radius 2 is 1.90 bits per heavy atom. The summed E-state index contributed by atoms with van der Waals surface area (Å²) in [6.07, 6.45) is -1.05. The van der Waals surface area contributed by atoms with Crippen LogP contribution in [-0.4, -0.2) is 55.7 Å². The SMILES string of the molecule is Cc1ccccc1S(=O)(=O)N1CCNC([C@@H](O)C(N)Cc2cc(F)cc(F)c2)C1. The second-order valence-electron chi connectivity index (χ2n) is 7.33. The third-order valence-electron chi connectivity index (χ3n) is 5.12. The van der Waals surface area contributed by atoms with Gasteiger partial charge < -0.3 is 16.2 Å². The number of piperazine rings is 1. The van der Waals surface area contributed by atoms with Gasteiger partial charge in [0, 0.05) is 37.8 Å². The highest BCUT2D eigenvalue weighted by atomic mass is 32.2. The number of nitrogens with one attached hydrogen (secondary N) is 1. The predicted octanol–water partition coefficient (Wildman–Crippen LogP) is 1.17. The molecule has 3 atom stereocenters. The summed E-state index contributed by atoms with van der Waals surface area (Å²) < 4.78 is 54.1. The molecule has 0 bridgehead atoms. The third kappa shape index (κ3) is 4.99. The van der Waals surface area contributed by atoms with E-state index >= 15 is 0 Å². The lowest BCUT2D eigenvalue weighted by molar-refractivity contribution is 0.0799. The molecule has 2 unspecified atom stereocenters. The molecular weight excluding hydrogens is 400 g/mol. The van der Waals surface area contributed by atoms with Gasteiger partial charge >= 0.3 is 0 Å². The molecule has 1 heterocycles. The highest BCUT2D eigenvalue weighted by molar-refractivity contribution is 7.89. The first-order chi connectivity index (χ1) is 13.7. The fourth-order valence-electron chi connectivity index (χ4n) is 3.60. The normalized spacial score (nSPS) is 20.4. The topological polar surface area (TPSA) is 95.7 Å². The van der Waals surface area contributed by atoms with Crippen molar-refractivity contribution in [3.63, 3.8) is 0 Å². The number of halogens is 2. The van der Waals surface area contributed by atoms with Crippen LogP contribution in [0.3, 0.4) is 0 Å². The largest absolute Gasteiger partial charge is 0.390 e. The Kier molecular flexibility index (Phi) is 6.65. The van der Waals surface area contributed by atoms with Gasteiger partial charge in [0.15, 0.2) is 0 Å². The van der Waals surface area contributed by atoms with Crippen LogP contribution in [0.25, 0.3) is 0 Å². The van der Waals surface area contributed by atoms with Gasteiger partial charge in [-0.05, 0) is 42.7 Å². The van der Waals surface area contributed by atoms with Crippen molar-refractivity contribution in [1.29, 1.82) is 0 Å². The van der Waals surface area contributed by atoms with Crippen molar-refractivity contribution >= 4 is 10.0 Å². The molecule has 2 aromatic rings. The van der Waals surface area contributed by atoms with Crippen LogP contribution in [0.4, 0.5) is 8.78 Å². The van der Waals surface area contributed by atoms with Gasteiger partial charge in [-0.3, -0.25) is 0 Å². The average molecular weight is 426 g/mol. The van der Waals surface area contributed by atoms with E-state index in [4.69, 9.17) is 5.73 Å². The van der Waals surface area contributed by atoms with E-state index < -0.39 is 39.8 Å². The minimum absolute atomic E-state index is 0.0447. The Hall–Kier alpha value is -1.91. The monoisotopic (exact) mass is 425 g/mol. The van der Waals surface area contributed by atoms with Crippen LogP contribution in [0.15, 0.2) is 47.4 Å². The number of rotatable bonds is 6. The molecule has 29 heavy (non-hydrogen) atoms. The Labute approximate surface area is 169 Å². The number of sulfonamides is 1. The van der Waals surface area contributed by atoms with E-state index in [-0.39, 0.29) is 24.4 Å². The zero-order valence-electron chi connectivity index (χ0n) is 16.1. The maximum atomic E-state index is 13.4. The zero-order chi connectivity index (χ0) is 21.2. The van der Waals surface area contributed by atoms with Crippen LogP contribution in [-0.2, 0) is 16.4 Å². The van der Waals surface area contributed by atoms with Gasteiger partial charge in [0.05, 0.1) is 11.0 Å². The number of nitrogens with two attached hydrogens (primary N) is 1. The van der Waals surface area contributed by atoms with Crippen molar-refractivity contribution in [1.82, 2.24) is 9.62 Å². The molecule has 0 saturated carbocycles. The summed E-state index contributed by atoms with van der Waals surface area (Å²) >= 11 is 0. The predicted molar refractivity (Wildman–Crippen MR) is 106 cm³/mol. The number of hydrogen-bond donors (Lipinski definition) is 3. The summed E-state index contributed by atoms with van der Waals surface area (Å²) in [4.78, 5) is 0.231. The molecule has 0 radical (unpaired) electrons. The number of aliphatic hydroxyl groups is 1. The number of hydrogen-bond acceptors (Lipinski definition) is 5. The second-order valence-corrected chi connectivity index (χ2v) is 9.23. The molecule has 0 spiro atoms. The summed E-state index contributed by atoms with van der Waals surface area (Å²) in [7, 11) is -3.71. The minimum atomic E-state index is -3.71. The molecule has 9 heteroatoms. The summed E-state index contributed by atoms with van der Waals surface area (Å²) in [6, 6.07) is 8.40. The Bertz CT molecular complexity index is 951. The maximum Gasteiger partial charge on any atom is 0.243 e. The Morgan fingerprint density at radius 1 is 1.24 bits per heavy atom. The highest BCUT2D eigenvalue weighted by Crippen LogP contribution is 2.22. The van der Waals surface area contributed by atoms with Gasteiger partial charge in [-0.25, -0.2) is 17.2 Å². The number of nitrogens with zero attached hydrogens (tertiary/aromatic N) is 1. The van der Waals surface area contributed by atoms with Crippen LogP contribution in [0, 0.1) is 18.6 Å². The third-order valence-corrected chi connectivity index (χ3v) is 7.15. The summed E-state index contributed by atoms with van der Waals surface area (Å²) in [5.74, 6) is -1.43. The molecule has 0 amide bonds. The first kappa shape index (κ1) is 21.8. The summed E-state index contributed by atoms with van der Waals surface area (Å²) in [5, 5.41) is 13.7. The standard InChI is InChI=1S/C20H25F2N3O3S/c1-13-4-2-3-5-19(13)29(27,28)25-7-6-24-18(12-25)20(26)17(23)10-14-8-15(21)11-16(22)9-14/h2-5,8-9,11,17-18,20,24,26H,6-7,10,12,23H2,1H3/t17?,18?,20-/m0/s1. The van der Waals surface area contributed by atoms with Gasteiger partial charge in [-0.1, -0.05) is 18.2 Å². The molecule has 0 aromatic heterocycles. The fourth-order valence-corrected chi connectivity index (χ4v) is 5.29. The molecule has 1 saturated heterocycles. The summed E-state index contributed by atoms with van der Waals surface area (Å²) in [6.45, 7) is 2.40. The van der Waals surface area contributed by atoms with Crippen molar-refractivity contribution in [2.24, 2.45) is 5.73 Å². The molecule has 6 nitrogen and oxygen atoms in total. The van der Waals surface area contributed by atoms with Crippen LogP contribution < -0.4 is 11.1 Å². The van der Waals surface area contributed by atoms with Crippen LogP contribution in [0.5, 0.6) is 0 Å². The highest BCUT2D eigenvalue weighted by Gasteiger charge is 2.35. The summed E-state index contributed by atoms with van der Waals surface area (Å²) in [5.41, 5.74) is 7.04. The molecular formula is C20H25F2N3O3S. The van der Waals surface area contributed by atoms with Gasteiger partial charge in [0.25, 0.3) is 0 Å². The maximum absolute atomic E-state index is 13.4. The Morgan fingerprint density at radius 3 is 2.55 bits per heavy atom. The van der Waals surface area contributed by atoms with Crippen molar-refractivity contribution in [3.05, 3.63) is 65.2 Å². The molecule has 1 aliphatic rings. The van der Waals surface area contributed by atoms with Crippen molar-refractivity contribution in [2.45, 2.75) is 36.4 Å². The van der Waals surface area contributed by atoms with Crippen molar-refractivity contribution < 1.29 is 22.3 Å². The fraction of sp³-hybridized carbons (Fsp3) is 0.400.